The van der Waals surface area contributed by atoms with Gasteiger partial charge in [-0.05, 0) is 37.1 Å². The molecule has 5 heteroatoms. The Labute approximate surface area is 122 Å². The summed E-state index contributed by atoms with van der Waals surface area (Å²) in [5.74, 6) is 1.01. The lowest BCUT2D eigenvalue weighted by Gasteiger charge is -2.22. The zero-order valence-electron chi connectivity index (χ0n) is 11.8. The predicted octanol–water partition coefficient (Wildman–Crippen LogP) is 2.80. The van der Waals surface area contributed by atoms with E-state index in [2.05, 4.69) is 0 Å². The summed E-state index contributed by atoms with van der Waals surface area (Å²) in [7, 11) is 1.52. The van der Waals surface area contributed by atoms with E-state index in [1.54, 1.807) is 29.4 Å². The van der Waals surface area contributed by atoms with E-state index >= 15 is 0 Å². The lowest BCUT2D eigenvalue weighted by Crippen LogP contribution is -2.32. The van der Waals surface area contributed by atoms with E-state index in [1.807, 2.05) is 6.07 Å². The second-order valence-electron chi connectivity index (χ2n) is 5.13. The van der Waals surface area contributed by atoms with Crippen molar-refractivity contribution in [1.82, 2.24) is 4.90 Å². The first-order valence-corrected chi connectivity index (χ1v) is 6.89. The third-order valence-electron chi connectivity index (χ3n) is 3.59. The van der Waals surface area contributed by atoms with Crippen molar-refractivity contribution in [3.8, 4) is 11.5 Å². The summed E-state index contributed by atoms with van der Waals surface area (Å²) in [6.45, 7) is 0.419. The molecule has 0 aliphatic heterocycles. The maximum atomic E-state index is 12.7. The van der Waals surface area contributed by atoms with E-state index in [-0.39, 0.29) is 23.3 Å². The van der Waals surface area contributed by atoms with Gasteiger partial charge in [-0.3, -0.25) is 4.79 Å². The minimum atomic E-state index is -0.186. The Morgan fingerprint density at radius 3 is 2.81 bits per heavy atom. The largest absolute Gasteiger partial charge is 0.507 e. The second kappa shape index (κ2) is 5.52. The quantitative estimate of drug-likeness (QED) is 0.918. The Morgan fingerprint density at radius 1 is 1.43 bits per heavy atom. The summed E-state index contributed by atoms with van der Waals surface area (Å²) in [6.07, 6.45) is 3.57. The third kappa shape index (κ3) is 2.86. The standard InChI is InChI=1S/C16H17NO4/c1-20-12-6-7-14(15(18)9-12)16(19)17(11-4-5-11)10-13-3-2-8-21-13/h2-3,6-9,11,18H,4-5,10H2,1H3. The number of aromatic hydroxyl groups is 1. The number of amides is 1. The van der Waals surface area contributed by atoms with Gasteiger partial charge < -0.3 is 19.2 Å². The molecule has 0 bridgehead atoms. The van der Waals surface area contributed by atoms with Crippen molar-refractivity contribution in [2.24, 2.45) is 0 Å². The minimum Gasteiger partial charge on any atom is -0.507 e. The molecular weight excluding hydrogens is 270 g/mol. The van der Waals surface area contributed by atoms with Gasteiger partial charge in [-0.15, -0.1) is 0 Å². The first-order chi connectivity index (χ1) is 10.2. The number of benzene rings is 1. The minimum absolute atomic E-state index is 0.0653. The van der Waals surface area contributed by atoms with Crippen LogP contribution in [0.5, 0.6) is 11.5 Å². The number of hydrogen-bond acceptors (Lipinski definition) is 4. The van der Waals surface area contributed by atoms with Crippen LogP contribution in [0.2, 0.25) is 0 Å². The average molecular weight is 287 g/mol. The zero-order valence-corrected chi connectivity index (χ0v) is 11.8. The zero-order chi connectivity index (χ0) is 14.8. The maximum absolute atomic E-state index is 12.7. The van der Waals surface area contributed by atoms with Crippen LogP contribution in [0, 0.1) is 0 Å². The second-order valence-corrected chi connectivity index (χ2v) is 5.13. The monoisotopic (exact) mass is 287 g/mol. The van der Waals surface area contributed by atoms with Crippen molar-refractivity contribution in [3.63, 3.8) is 0 Å². The van der Waals surface area contributed by atoms with Gasteiger partial charge in [0.15, 0.2) is 0 Å². The van der Waals surface area contributed by atoms with E-state index in [4.69, 9.17) is 9.15 Å². The van der Waals surface area contributed by atoms with Crippen LogP contribution < -0.4 is 4.74 Å². The summed E-state index contributed by atoms with van der Waals surface area (Å²) in [5, 5.41) is 10.0. The topological polar surface area (TPSA) is 62.9 Å². The highest BCUT2D eigenvalue weighted by Crippen LogP contribution is 2.32. The van der Waals surface area contributed by atoms with Gasteiger partial charge in [-0.1, -0.05) is 0 Å². The van der Waals surface area contributed by atoms with Crippen LogP contribution >= 0.6 is 0 Å². The van der Waals surface area contributed by atoms with Gasteiger partial charge in [0.2, 0.25) is 0 Å². The van der Waals surface area contributed by atoms with Crippen LogP contribution in [0.1, 0.15) is 29.0 Å². The molecule has 0 saturated heterocycles. The highest BCUT2D eigenvalue weighted by atomic mass is 16.5. The molecule has 5 nitrogen and oxygen atoms in total. The SMILES string of the molecule is COc1ccc(C(=O)N(Cc2ccco2)C2CC2)c(O)c1. The molecule has 1 aromatic carbocycles. The summed E-state index contributed by atoms with van der Waals surface area (Å²) in [6, 6.07) is 8.58. The molecular formula is C16H17NO4. The number of rotatable bonds is 5. The molecule has 0 unspecified atom stereocenters. The van der Waals surface area contributed by atoms with Crippen LogP contribution in [0.3, 0.4) is 0 Å². The molecule has 1 heterocycles. The van der Waals surface area contributed by atoms with Gasteiger partial charge in [0.25, 0.3) is 5.91 Å². The predicted molar refractivity (Wildman–Crippen MR) is 76.3 cm³/mol. The normalized spacial score (nSPS) is 14.0. The van der Waals surface area contributed by atoms with Gasteiger partial charge in [-0.25, -0.2) is 0 Å². The fourth-order valence-corrected chi connectivity index (χ4v) is 2.30. The van der Waals surface area contributed by atoms with Crippen LogP contribution in [-0.2, 0) is 6.54 Å². The highest BCUT2D eigenvalue weighted by Gasteiger charge is 2.34. The number of furan rings is 1. The third-order valence-corrected chi connectivity index (χ3v) is 3.59. The fraction of sp³-hybridized carbons (Fsp3) is 0.312. The highest BCUT2D eigenvalue weighted by molar-refractivity contribution is 5.97. The molecule has 1 fully saturated rings. The van der Waals surface area contributed by atoms with E-state index < -0.39 is 0 Å². The first kappa shape index (κ1) is 13.5. The molecule has 1 saturated carbocycles. The van der Waals surface area contributed by atoms with E-state index in [1.165, 1.54) is 13.2 Å². The fourth-order valence-electron chi connectivity index (χ4n) is 2.30. The molecule has 1 amide bonds. The Bertz CT molecular complexity index is 632. The number of carbonyl (C=O) groups excluding carboxylic acids is 1. The molecule has 21 heavy (non-hydrogen) atoms. The smallest absolute Gasteiger partial charge is 0.258 e. The Kier molecular flexibility index (Phi) is 3.56. The van der Waals surface area contributed by atoms with Gasteiger partial charge in [-0.2, -0.15) is 0 Å². The summed E-state index contributed by atoms with van der Waals surface area (Å²) in [5.41, 5.74) is 0.286. The van der Waals surface area contributed by atoms with Gasteiger partial charge in [0, 0.05) is 12.1 Å². The summed E-state index contributed by atoms with van der Waals surface area (Å²) in [4.78, 5) is 14.4. The van der Waals surface area contributed by atoms with Crippen LogP contribution in [0.15, 0.2) is 41.0 Å². The maximum Gasteiger partial charge on any atom is 0.258 e. The van der Waals surface area contributed by atoms with E-state index in [0.717, 1.165) is 18.6 Å². The lowest BCUT2D eigenvalue weighted by atomic mass is 10.1. The number of phenols is 1. The Balaban J connectivity index is 1.84. The molecule has 1 aromatic heterocycles. The number of carbonyl (C=O) groups is 1. The molecule has 1 N–H and O–H groups in total. The van der Waals surface area contributed by atoms with E-state index in [9.17, 15) is 9.90 Å². The number of hydrogen-bond donors (Lipinski definition) is 1. The number of methoxy groups -OCH3 is 1. The molecule has 1 aliphatic carbocycles. The summed E-state index contributed by atoms with van der Waals surface area (Å²) < 4.78 is 10.4. The molecule has 2 aromatic rings. The molecule has 0 radical (unpaired) electrons. The van der Waals surface area contributed by atoms with Gasteiger partial charge in [0.05, 0.1) is 25.5 Å². The van der Waals surface area contributed by atoms with Crippen molar-refractivity contribution in [3.05, 3.63) is 47.9 Å². The molecule has 0 atom stereocenters. The molecule has 3 rings (SSSR count). The van der Waals surface area contributed by atoms with Crippen molar-refractivity contribution in [2.45, 2.75) is 25.4 Å². The number of ether oxygens (including phenoxy) is 1. The average Bonchev–Trinajstić information content (AvgIpc) is 3.20. The molecule has 1 aliphatic rings. The van der Waals surface area contributed by atoms with Crippen molar-refractivity contribution in [1.29, 1.82) is 0 Å². The van der Waals surface area contributed by atoms with Crippen LogP contribution in [0.25, 0.3) is 0 Å². The Morgan fingerprint density at radius 2 is 2.24 bits per heavy atom. The van der Waals surface area contributed by atoms with Gasteiger partial charge in [0.1, 0.15) is 17.3 Å². The number of phenolic OH excluding ortho intramolecular Hbond substituents is 1. The molecule has 0 spiro atoms. The van der Waals surface area contributed by atoms with Crippen molar-refractivity contribution in [2.75, 3.05) is 7.11 Å². The molecule has 110 valence electrons. The van der Waals surface area contributed by atoms with Crippen molar-refractivity contribution >= 4 is 5.91 Å². The lowest BCUT2D eigenvalue weighted by molar-refractivity contribution is 0.0714. The van der Waals surface area contributed by atoms with Crippen LogP contribution in [0.4, 0.5) is 0 Å². The van der Waals surface area contributed by atoms with E-state index in [0.29, 0.717) is 12.3 Å². The van der Waals surface area contributed by atoms with Gasteiger partial charge >= 0.3 is 0 Å². The summed E-state index contributed by atoms with van der Waals surface area (Å²) >= 11 is 0. The first-order valence-electron chi connectivity index (χ1n) is 6.89. The van der Waals surface area contributed by atoms with Crippen molar-refractivity contribution < 1.29 is 19.1 Å². The Hall–Kier alpha value is -2.43. The number of nitrogens with zero attached hydrogens (tertiary/aromatic N) is 1. The van der Waals surface area contributed by atoms with Crippen LogP contribution in [-0.4, -0.2) is 29.1 Å².